The molecule has 4 aromatic carbocycles. The van der Waals surface area contributed by atoms with Gasteiger partial charge in [-0.15, -0.1) is 0 Å². The predicted octanol–water partition coefficient (Wildman–Crippen LogP) is 15.0. The molecule has 0 N–H and O–H groups in total. The quantitative estimate of drug-likeness (QED) is 0.187. The lowest BCUT2D eigenvalue weighted by atomic mass is 9.64. The molecule has 1 heteroatoms. The SMILES string of the molecule is C1=C\C2=C/C=C\C=C/C=C/C(N(C3=CC4=C(CC3)c3ccccc3C4(C3=CCCC=C3)c3ccccc3)C3C=CC(c4ccc5c(c4)-c4ccccc4C54CCCC4)=CC3)C2C=C1. The minimum absolute atomic E-state index is 0.106. The molecule has 63 heavy (non-hydrogen) atoms. The lowest BCUT2D eigenvalue weighted by molar-refractivity contribution is 0.213. The summed E-state index contributed by atoms with van der Waals surface area (Å²) in [6.07, 6.45) is 52.8. The van der Waals surface area contributed by atoms with E-state index in [0.29, 0.717) is 0 Å². The topological polar surface area (TPSA) is 3.24 Å². The van der Waals surface area contributed by atoms with E-state index in [1.807, 2.05) is 0 Å². The highest BCUT2D eigenvalue weighted by atomic mass is 15.2. The van der Waals surface area contributed by atoms with Crippen LogP contribution < -0.4 is 0 Å². The molecule has 0 heterocycles. The Kier molecular flexibility index (Phi) is 9.55. The van der Waals surface area contributed by atoms with E-state index in [9.17, 15) is 0 Å². The Balaban J connectivity index is 0.985. The number of hydrogen-bond acceptors (Lipinski definition) is 1. The fourth-order valence-electron chi connectivity index (χ4n) is 12.9. The van der Waals surface area contributed by atoms with Crippen LogP contribution in [0.25, 0.3) is 22.3 Å². The molecule has 1 nitrogen and oxygen atoms in total. The highest BCUT2D eigenvalue weighted by molar-refractivity contribution is 5.89. The van der Waals surface area contributed by atoms with Crippen molar-refractivity contribution in [1.29, 1.82) is 0 Å². The van der Waals surface area contributed by atoms with E-state index in [1.165, 1.54) is 92.6 Å². The van der Waals surface area contributed by atoms with E-state index in [0.717, 1.165) is 32.1 Å². The summed E-state index contributed by atoms with van der Waals surface area (Å²) in [5, 5.41) is 0. The van der Waals surface area contributed by atoms with E-state index in [-0.39, 0.29) is 28.8 Å². The fourth-order valence-corrected chi connectivity index (χ4v) is 12.9. The monoisotopic (exact) mass is 813 g/mol. The molecule has 12 rings (SSSR count). The molecule has 1 fully saturated rings. The van der Waals surface area contributed by atoms with Crippen molar-refractivity contribution in [3.05, 3.63) is 262 Å². The van der Waals surface area contributed by atoms with Gasteiger partial charge in [-0.25, -0.2) is 0 Å². The first-order valence-electron chi connectivity index (χ1n) is 23.7. The van der Waals surface area contributed by atoms with Crippen LogP contribution in [0, 0.1) is 5.92 Å². The van der Waals surface area contributed by atoms with Gasteiger partial charge in [0.1, 0.15) is 0 Å². The van der Waals surface area contributed by atoms with Gasteiger partial charge in [0, 0.05) is 17.0 Å². The number of hydrogen-bond donors (Lipinski definition) is 0. The first kappa shape index (κ1) is 38.3. The Hall–Kier alpha value is -6.44. The minimum Gasteiger partial charge on any atom is -0.361 e. The Morgan fingerprint density at radius 3 is 2.21 bits per heavy atom. The highest BCUT2D eigenvalue weighted by Crippen LogP contribution is 2.60. The van der Waals surface area contributed by atoms with Gasteiger partial charge in [-0.1, -0.05) is 207 Å². The van der Waals surface area contributed by atoms with Crippen molar-refractivity contribution in [1.82, 2.24) is 4.90 Å². The first-order chi connectivity index (χ1) is 31.2. The summed E-state index contributed by atoms with van der Waals surface area (Å²) in [6, 6.07) is 37.7. The van der Waals surface area contributed by atoms with Crippen LogP contribution >= 0.6 is 0 Å². The molecule has 0 aromatic heterocycles. The van der Waals surface area contributed by atoms with Crippen molar-refractivity contribution in [3.8, 4) is 11.1 Å². The van der Waals surface area contributed by atoms with Gasteiger partial charge >= 0.3 is 0 Å². The van der Waals surface area contributed by atoms with Crippen LogP contribution in [-0.4, -0.2) is 17.0 Å². The van der Waals surface area contributed by atoms with Crippen molar-refractivity contribution in [2.75, 3.05) is 0 Å². The van der Waals surface area contributed by atoms with Crippen molar-refractivity contribution in [2.45, 2.75) is 80.7 Å². The van der Waals surface area contributed by atoms with E-state index in [1.54, 1.807) is 11.1 Å². The molecular formula is C62H55N. The van der Waals surface area contributed by atoms with Crippen molar-refractivity contribution in [2.24, 2.45) is 5.92 Å². The fraction of sp³-hybridized carbons (Fsp3) is 0.226. The third kappa shape index (κ3) is 6.11. The predicted molar refractivity (Wildman–Crippen MR) is 264 cm³/mol. The van der Waals surface area contributed by atoms with Crippen LogP contribution in [-0.2, 0) is 10.8 Å². The summed E-state index contributed by atoms with van der Waals surface area (Å²) >= 11 is 0. The van der Waals surface area contributed by atoms with Gasteiger partial charge in [0.25, 0.3) is 0 Å². The molecule has 0 radical (unpaired) electrons. The van der Waals surface area contributed by atoms with E-state index < -0.39 is 0 Å². The Morgan fingerprint density at radius 1 is 0.587 bits per heavy atom. The zero-order chi connectivity index (χ0) is 41.8. The largest absolute Gasteiger partial charge is 0.361 e. The zero-order valence-corrected chi connectivity index (χ0v) is 36.2. The third-order valence-electron chi connectivity index (χ3n) is 15.6. The average Bonchev–Trinajstić information content (AvgIpc) is 4.04. The number of nitrogens with zero attached hydrogens (tertiary/aromatic N) is 1. The molecular weight excluding hydrogens is 759 g/mol. The molecule has 4 aromatic rings. The van der Waals surface area contributed by atoms with Gasteiger partial charge in [-0.2, -0.15) is 0 Å². The molecule has 1 saturated carbocycles. The minimum atomic E-state index is -0.377. The molecule has 4 unspecified atom stereocenters. The number of fused-ring (bicyclic) bond motifs is 8. The first-order valence-corrected chi connectivity index (χ1v) is 23.7. The Morgan fingerprint density at radius 2 is 1.37 bits per heavy atom. The maximum atomic E-state index is 2.83. The molecule has 8 aliphatic carbocycles. The van der Waals surface area contributed by atoms with E-state index >= 15 is 0 Å². The maximum absolute atomic E-state index is 2.83. The lowest BCUT2D eigenvalue weighted by Gasteiger charge is -2.45. The van der Waals surface area contributed by atoms with Gasteiger partial charge in [0.05, 0.1) is 17.5 Å². The van der Waals surface area contributed by atoms with Gasteiger partial charge in [-0.05, 0) is 129 Å². The second-order valence-corrected chi connectivity index (χ2v) is 18.7. The highest BCUT2D eigenvalue weighted by Gasteiger charge is 2.49. The van der Waals surface area contributed by atoms with Gasteiger partial charge < -0.3 is 4.90 Å². The van der Waals surface area contributed by atoms with Crippen LogP contribution in [0.15, 0.2) is 229 Å². The van der Waals surface area contributed by atoms with Gasteiger partial charge in [0.2, 0.25) is 0 Å². The summed E-state index contributed by atoms with van der Waals surface area (Å²) in [4.78, 5) is 2.83. The van der Waals surface area contributed by atoms with E-state index in [2.05, 4.69) is 211 Å². The molecule has 4 atom stereocenters. The van der Waals surface area contributed by atoms with Crippen LogP contribution in [0.1, 0.15) is 91.2 Å². The molecule has 0 bridgehead atoms. The summed E-state index contributed by atoms with van der Waals surface area (Å²) in [5.41, 5.74) is 19.8. The zero-order valence-electron chi connectivity index (χ0n) is 36.2. The summed E-state index contributed by atoms with van der Waals surface area (Å²) < 4.78 is 0. The molecule has 0 saturated heterocycles. The van der Waals surface area contributed by atoms with Crippen LogP contribution in [0.4, 0.5) is 0 Å². The van der Waals surface area contributed by atoms with Crippen LogP contribution in [0.5, 0.6) is 0 Å². The van der Waals surface area contributed by atoms with Gasteiger partial charge in [-0.3, -0.25) is 0 Å². The molecule has 308 valence electrons. The third-order valence-corrected chi connectivity index (χ3v) is 15.6. The number of benzene rings is 4. The van der Waals surface area contributed by atoms with Crippen LogP contribution in [0.2, 0.25) is 0 Å². The normalized spacial score (nSPS) is 28.1. The molecule has 1 spiro atoms. The van der Waals surface area contributed by atoms with E-state index in [4.69, 9.17) is 0 Å². The average molecular weight is 814 g/mol. The molecule has 8 aliphatic rings. The molecule has 0 amide bonds. The van der Waals surface area contributed by atoms with Crippen LogP contribution in [0.3, 0.4) is 0 Å². The standard InChI is InChI=1S/C62H55N/c1-2-6-20-45-21-12-13-26-51(45)60(31-11-3-1)63(49-35-32-44(33-36-49)46-34-39-57-55(42-46)53-28-14-16-29-56(53)61(57)40-18-19-41-61)50-37-38-54-52-27-15-17-30-58(52)62(59(54)43-50,47-22-7-4-8-23-47)48-24-9-5-10-25-48/h1-4,6-9,11-17,20-35,39,42-43,49,51,60H,5,10,18-19,36-38,40-41H2/b3-1-,6-2-,31-11+,45-20+. The summed E-state index contributed by atoms with van der Waals surface area (Å²) in [7, 11) is 0. The van der Waals surface area contributed by atoms with Crippen molar-refractivity contribution >= 4 is 11.1 Å². The number of allylic oxidation sites excluding steroid dienone is 19. The number of rotatable bonds is 6. The Labute approximate surface area is 374 Å². The second kappa shape index (κ2) is 15.7. The smallest absolute Gasteiger partial charge is 0.0707 e. The van der Waals surface area contributed by atoms with Gasteiger partial charge in [0.15, 0.2) is 0 Å². The summed E-state index contributed by atoms with van der Waals surface area (Å²) in [5.74, 6) is 0.195. The molecule has 0 aliphatic heterocycles. The second-order valence-electron chi connectivity index (χ2n) is 18.7. The lowest BCUT2D eigenvalue weighted by Crippen LogP contribution is -2.46. The Bertz CT molecular complexity index is 2880. The summed E-state index contributed by atoms with van der Waals surface area (Å²) in [6.45, 7) is 0. The van der Waals surface area contributed by atoms with Crippen molar-refractivity contribution in [3.63, 3.8) is 0 Å². The van der Waals surface area contributed by atoms with Crippen molar-refractivity contribution < 1.29 is 0 Å². The maximum Gasteiger partial charge on any atom is 0.0707 e.